The molecule has 0 unspecified atom stereocenters. The lowest BCUT2D eigenvalue weighted by molar-refractivity contribution is -0.131. The fourth-order valence-corrected chi connectivity index (χ4v) is 4.46. The van der Waals surface area contributed by atoms with Gasteiger partial charge < -0.3 is 10.2 Å². The number of amides is 3. The Labute approximate surface area is 156 Å². The number of nitrogens with zero attached hydrogens (tertiary/aromatic N) is 3. The van der Waals surface area contributed by atoms with Gasteiger partial charge in [0.05, 0.1) is 12.1 Å². The molecule has 7 heteroatoms. The summed E-state index contributed by atoms with van der Waals surface area (Å²) in [6.45, 7) is 2.86. The Balaban J connectivity index is 1.32. The molecule has 2 fully saturated rings. The molecule has 3 heterocycles. The van der Waals surface area contributed by atoms with Crippen LogP contribution in [0, 0.1) is 0 Å². The van der Waals surface area contributed by atoms with Gasteiger partial charge in [0.15, 0.2) is 5.13 Å². The van der Waals surface area contributed by atoms with Crippen molar-refractivity contribution in [2.45, 2.75) is 25.2 Å². The molecule has 0 saturated carbocycles. The van der Waals surface area contributed by atoms with Crippen molar-refractivity contribution >= 4 is 28.4 Å². The van der Waals surface area contributed by atoms with Gasteiger partial charge in [0.25, 0.3) is 0 Å². The molecular weight excluding hydrogens is 348 g/mol. The van der Waals surface area contributed by atoms with E-state index in [0.29, 0.717) is 30.6 Å². The maximum absolute atomic E-state index is 12.6. The number of benzene rings is 1. The standard InChI is InChI=1S/C19H22N4O2S/c24-17(12-16-13-26-19(21-16)23-11-8-20-18(23)25)22-9-6-15(7-10-22)14-4-2-1-3-5-14/h1-5,13,15H,6-12H2,(H,20,25). The van der Waals surface area contributed by atoms with Crippen LogP contribution in [0.4, 0.5) is 9.93 Å². The van der Waals surface area contributed by atoms with Crippen molar-refractivity contribution in [2.75, 3.05) is 31.1 Å². The Bertz CT molecular complexity index is 784. The van der Waals surface area contributed by atoms with Crippen LogP contribution in [-0.2, 0) is 11.2 Å². The van der Waals surface area contributed by atoms with E-state index in [4.69, 9.17) is 0 Å². The monoisotopic (exact) mass is 370 g/mol. The molecule has 1 aromatic carbocycles. The highest BCUT2D eigenvalue weighted by atomic mass is 32.1. The molecule has 3 amide bonds. The number of rotatable bonds is 4. The number of carbonyl (C=O) groups excluding carboxylic acids is 2. The van der Waals surface area contributed by atoms with Gasteiger partial charge in [0.2, 0.25) is 5.91 Å². The van der Waals surface area contributed by atoms with Gasteiger partial charge in [-0.2, -0.15) is 0 Å². The van der Waals surface area contributed by atoms with Crippen molar-refractivity contribution in [2.24, 2.45) is 0 Å². The summed E-state index contributed by atoms with van der Waals surface area (Å²) in [5.41, 5.74) is 2.12. The van der Waals surface area contributed by atoms with Crippen LogP contribution in [0.5, 0.6) is 0 Å². The quantitative estimate of drug-likeness (QED) is 0.900. The molecule has 2 aliphatic rings. The summed E-state index contributed by atoms with van der Waals surface area (Å²) in [5, 5.41) is 5.32. The molecule has 0 spiro atoms. The Kier molecular flexibility index (Phi) is 4.88. The summed E-state index contributed by atoms with van der Waals surface area (Å²) in [6, 6.07) is 10.4. The molecule has 0 atom stereocenters. The number of carbonyl (C=O) groups is 2. The number of hydrogen-bond donors (Lipinski definition) is 1. The zero-order chi connectivity index (χ0) is 17.9. The fourth-order valence-electron chi connectivity index (χ4n) is 3.61. The van der Waals surface area contributed by atoms with E-state index >= 15 is 0 Å². The molecule has 0 bridgehead atoms. The van der Waals surface area contributed by atoms with E-state index in [0.717, 1.165) is 31.6 Å². The van der Waals surface area contributed by atoms with Gasteiger partial charge in [-0.25, -0.2) is 9.78 Å². The first-order chi connectivity index (χ1) is 12.7. The van der Waals surface area contributed by atoms with Crippen LogP contribution in [0.15, 0.2) is 35.7 Å². The Morgan fingerprint density at radius 2 is 1.96 bits per heavy atom. The molecule has 1 N–H and O–H groups in total. The normalized spacial score (nSPS) is 18.2. The first-order valence-electron chi connectivity index (χ1n) is 9.03. The summed E-state index contributed by atoms with van der Waals surface area (Å²) in [7, 11) is 0. The second-order valence-electron chi connectivity index (χ2n) is 6.75. The van der Waals surface area contributed by atoms with Gasteiger partial charge in [-0.05, 0) is 24.3 Å². The van der Waals surface area contributed by atoms with Crippen LogP contribution in [0.2, 0.25) is 0 Å². The van der Waals surface area contributed by atoms with Crippen LogP contribution < -0.4 is 10.2 Å². The average molecular weight is 370 g/mol. The second kappa shape index (κ2) is 7.45. The molecular formula is C19H22N4O2S. The van der Waals surface area contributed by atoms with Gasteiger partial charge in [-0.1, -0.05) is 30.3 Å². The molecule has 6 nitrogen and oxygen atoms in total. The van der Waals surface area contributed by atoms with Crippen LogP contribution in [-0.4, -0.2) is 48.0 Å². The number of thiazole rings is 1. The van der Waals surface area contributed by atoms with E-state index in [2.05, 4.69) is 34.6 Å². The largest absolute Gasteiger partial charge is 0.342 e. The highest BCUT2D eigenvalue weighted by Gasteiger charge is 2.26. The van der Waals surface area contributed by atoms with Crippen molar-refractivity contribution in [3.8, 4) is 0 Å². The highest BCUT2D eigenvalue weighted by molar-refractivity contribution is 7.14. The van der Waals surface area contributed by atoms with Crippen LogP contribution in [0.25, 0.3) is 0 Å². The Morgan fingerprint density at radius 1 is 1.19 bits per heavy atom. The number of likely N-dealkylation sites (tertiary alicyclic amines) is 1. The molecule has 0 aliphatic carbocycles. The average Bonchev–Trinajstić information content (AvgIpc) is 3.31. The Hall–Kier alpha value is -2.41. The summed E-state index contributed by atoms with van der Waals surface area (Å²) in [6.07, 6.45) is 2.32. The predicted octanol–water partition coefficient (Wildman–Crippen LogP) is 2.62. The second-order valence-corrected chi connectivity index (χ2v) is 7.58. The minimum atomic E-state index is -0.111. The summed E-state index contributed by atoms with van der Waals surface area (Å²) in [4.78, 5) is 32.4. The van der Waals surface area contributed by atoms with Crippen molar-refractivity contribution < 1.29 is 9.59 Å². The number of urea groups is 1. The summed E-state index contributed by atoms with van der Waals surface area (Å²) >= 11 is 1.42. The molecule has 2 aliphatic heterocycles. The van der Waals surface area contributed by atoms with Gasteiger partial charge in [0, 0.05) is 31.6 Å². The van der Waals surface area contributed by atoms with Crippen molar-refractivity contribution in [3.05, 3.63) is 47.0 Å². The highest BCUT2D eigenvalue weighted by Crippen LogP contribution is 2.28. The lowest BCUT2D eigenvalue weighted by Gasteiger charge is -2.32. The van der Waals surface area contributed by atoms with E-state index in [1.165, 1.54) is 16.9 Å². The lowest BCUT2D eigenvalue weighted by atomic mass is 9.89. The first kappa shape index (κ1) is 17.0. The van der Waals surface area contributed by atoms with Crippen LogP contribution >= 0.6 is 11.3 Å². The third kappa shape index (κ3) is 3.58. The van der Waals surface area contributed by atoms with Gasteiger partial charge in [0.1, 0.15) is 0 Å². The SMILES string of the molecule is O=C(Cc1csc(N2CCNC2=O)n1)N1CCC(c2ccccc2)CC1. The molecule has 1 aromatic heterocycles. The maximum atomic E-state index is 12.6. The zero-order valence-corrected chi connectivity index (χ0v) is 15.4. The minimum absolute atomic E-state index is 0.111. The van der Waals surface area contributed by atoms with Gasteiger partial charge in [-0.15, -0.1) is 11.3 Å². The molecule has 26 heavy (non-hydrogen) atoms. The molecule has 136 valence electrons. The third-order valence-corrected chi connectivity index (χ3v) is 5.99. The summed E-state index contributed by atoms with van der Waals surface area (Å²) < 4.78 is 0. The van der Waals surface area contributed by atoms with Gasteiger partial charge >= 0.3 is 6.03 Å². The van der Waals surface area contributed by atoms with Crippen LogP contribution in [0.3, 0.4) is 0 Å². The number of hydrogen-bond acceptors (Lipinski definition) is 4. The maximum Gasteiger partial charge on any atom is 0.323 e. The van der Waals surface area contributed by atoms with E-state index in [9.17, 15) is 9.59 Å². The van der Waals surface area contributed by atoms with E-state index in [1.807, 2.05) is 16.3 Å². The number of aromatic nitrogens is 1. The number of anilines is 1. The zero-order valence-electron chi connectivity index (χ0n) is 14.6. The number of nitrogens with one attached hydrogen (secondary N) is 1. The fraction of sp³-hybridized carbons (Fsp3) is 0.421. The lowest BCUT2D eigenvalue weighted by Crippen LogP contribution is -2.38. The van der Waals surface area contributed by atoms with E-state index in [-0.39, 0.29) is 11.9 Å². The smallest absolute Gasteiger partial charge is 0.323 e. The molecule has 2 saturated heterocycles. The predicted molar refractivity (Wildman–Crippen MR) is 102 cm³/mol. The van der Waals surface area contributed by atoms with Crippen molar-refractivity contribution in [3.63, 3.8) is 0 Å². The first-order valence-corrected chi connectivity index (χ1v) is 9.91. The van der Waals surface area contributed by atoms with Crippen LogP contribution in [0.1, 0.15) is 30.0 Å². The van der Waals surface area contributed by atoms with Crippen molar-refractivity contribution in [1.29, 1.82) is 0 Å². The topological polar surface area (TPSA) is 65.5 Å². The molecule has 2 aromatic rings. The Morgan fingerprint density at radius 3 is 2.65 bits per heavy atom. The summed E-state index contributed by atoms with van der Waals surface area (Å²) in [5.74, 6) is 0.666. The van der Waals surface area contributed by atoms with Gasteiger partial charge in [-0.3, -0.25) is 9.69 Å². The number of piperidine rings is 1. The van der Waals surface area contributed by atoms with E-state index in [1.54, 1.807) is 4.90 Å². The molecule has 0 radical (unpaired) electrons. The minimum Gasteiger partial charge on any atom is -0.342 e. The van der Waals surface area contributed by atoms with Crippen molar-refractivity contribution in [1.82, 2.24) is 15.2 Å². The molecule has 4 rings (SSSR count). The third-order valence-electron chi connectivity index (χ3n) is 5.08. The van der Waals surface area contributed by atoms with E-state index < -0.39 is 0 Å².